The summed E-state index contributed by atoms with van der Waals surface area (Å²) < 4.78 is 11.0. The van der Waals surface area contributed by atoms with Crippen molar-refractivity contribution < 1.29 is 19.1 Å². The number of carbonyl (C=O) groups excluding carboxylic acids is 2. The van der Waals surface area contributed by atoms with Crippen molar-refractivity contribution in [3.63, 3.8) is 0 Å². The summed E-state index contributed by atoms with van der Waals surface area (Å²) >= 11 is 7.19. The van der Waals surface area contributed by atoms with Crippen molar-refractivity contribution in [1.82, 2.24) is 0 Å². The van der Waals surface area contributed by atoms with Crippen molar-refractivity contribution in [1.29, 1.82) is 5.26 Å². The molecule has 0 aliphatic rings. The second kappa shape index (κ2) is 11.5. The van der Waals surface area contributed by atoms with Crippen LogP contribution in [-0.2, 0) is 16.1 Å². The van der Waals surface area contributed by atoms with Gasteiger partial charge in [0.1, 0.15) is 29.0 Å². The first-order valence-electron chi connectivity index (χ1n) is 10.5. The first-order valence-corrected chi connectivity index (χ1v) is 11.7. The average molecular weight is 495 g/mol. The number of esters is 1. The molecular formula is C26H23ClN2O4S. The number of benzene rings is 2. The van der Waals surface area contributed by atoms with Crippen LogP contribution in [0.4, 0.5) is 5.00 Å². The van der Waals surface area contributed by atoms with Crippen LogP contribution in [-0.4, -0.2) is 18.5 Å². The minimum atomic E-state index is -0.623. The molecule has 0 saturated heterocycles. The maximum absolute atomic E-state index is 12.9. The molecule has 3 aromatic rings. The third-order valence-electron chi connectivity index (χ3n) is 4.98. The number of hydrogen-bond acceptors (Lipinski definition) is 6. The number of carbonyl (C=O) groups is 2. The standard InChI is InChI=1S/C26H23ClN2O4S/c1-4-32-26(31)23-16(2)17(3)34-25(23)29-24(30)20(14-28)13-19-7-5-6-8-22(19)33-15-18-9-11-21(27)12-10-18/h5-13H,4,15H2,1-3H3,(H,29,30)/b20-13+. The lowest BCUT2D eigenvalue weighted by molar-refractivity contribution is -0.112. The fraction of sp³-hybridized carbons (Fsp3) is 0.192. The maximum Gasteiger partial charge on any atom is 0.341 e. The molecule has 0 aliphatic carbocycles. The lowest BCUT2D eigenvalue weighted by Crippen LogP contribution is -2.16. The Labute approximate surface area is 207 Å². The van der Waals surface area contributed by atoms with E-state index in [0.29, 0.717) is 33.5 Å². The fourth-order valence-corrected chi connectivity index (χ4v) is 4.28. The van der Waals surface area contributed by atoms with E-state index in [1.807, 2.05) is 31.2 Å². The van der Waals surface area contributed by atoms with Crippen LogP contribution in [0, 0.1) is 25.2 Å². The van der Waals surface area contributed by atoms with Crippen LogP contribution in [0.1, 0.15) is 38.8 Å². The molecule has 174 valence electrons. The van der Waals surface area contributed by atoms with Gasteiger partial charge in [-0.15, -0.1) is 11.3 Å². The Morgan fingerprint density at radius 1 is 1.15 bits per heavy atom. The fourth-order valence-electron chi connectivity index (χ4n) is 3.11. The number of nitrogens with one attached hydrogen (secondary N) is 1. The Morgan fingerprint density at radius 2 is 1.85 bits per heavy atom. The van der Waals surface area contributed by atoms with Crippen LogP contribution in [0.3, 0.4) is 0 Å². The van der Waals surface area contributed by atoms with Crippen LogP contribution in [0.25, 0.3) is 6.08 Å². The summed E-state index contributed by atoms with van der Waals surface area (Å²) in [6.45, 7) is 5.88. The van der Waals surface area contributed by atoms with Gasteiger partial charge in [0, 0.05) is 15.5 Å². The third kappa shape index (κ3) is 6.04. The average Bonchev–Trinajstić information content (AvgIpc) is 3.10. The molecule has 0 unspecified atom stereocenters. The predicted octanol–water partition coefficient (Wildman–Crippen LogP) is 6.32. The van der Waals surface area contributed by atoms with Gasteiger partial charge >= 0.3 is 5.97 Å². The number of para-hydroxylation sites is 1. The van der Waals surface area contributed by atoms with Gasteiger partial charge in [0.15, 0.2) is 0 Å². The summed E-state index contributed by atoms with van der Waals surface area (Å²) in [6, 6.07) is 16.3. The largest absolute Gasteiger partial charge is 0.488 e. The lowest BCUT2D eigenvalue weighted by Gasteiger charge is -2.10. The number of ether oxygens (including phenoxy) is 2. The van der Waals surface area contributed by atoms with Gasteiger partial charge in [-0.05, 0) is 56.2 Å². The maximum atomic E-state index is 12.9. The number of thiophene rings is 1. The third-order valence-corrected chi connectivity index (χ3v) is 6.36. The van der Waals surface area contributed by atoms with Gasteiger partial charge in [-0.1, -0.05) is 41.9 Å². The highest BCUT2D eigenvalue weighted by molar-refractivity contribution is 7.16. The van der Waals surface area contributed by atoms with Gasteiger partial charge in [-0.2, -0.15) is 5.26 Å². The molecule has 1 N–H and O–H groups in total. The number of aryl methyl sites for hydroxylation is 1. The zero-order chi connectivity index (χ0) is 24.7. The molecule has 1 aromatic heterocycles. The Kier molecular flexibility index (Phi) is 8.47. The first-order chi connectivity index (χ1) is 16.3. The van der Waals surface area contributed by atoms with Crippen LogP contribution >= 0.6 is 22.9 Å². The van der Waals surface area contributed by atoms with E-state index in [1.54, 1.807) is 44.2 Å². The van der Waals surface area contributed by atoms with Crippen LogP contribution in [0.2, 0.25) is 5.02 Å². The first kappa shape index (κ1) is 25.0. The van der Waals surface area contributed by atoms with Crippen LogP contribution < -0.4 is 10.1 Å². The summed E-state index contributed by atoms with van der Waals surface area (Å²) in [7, 11) is 0. The summed E-state index contributed by atoms with van der Waals surface area (Å²) in [6.07, 6.45) is 1.46. The zero-order valence-electron chi connectivity index (χ0n) is 19.0. The van der Waals surface area contributed by atoms with Gasteiger partial charge in [0.2, 0.25) is 0 Å². The molecule has 2 aromatic carbocycles. The molecule has 3 rings (SSSR count). The molecule has 0 atom stereocenters. The van der Waals surface area contributed by atoms with Crippen molar-refractivity contribution in [3.05, 3.63) is 86.3 Å². The number of halogens is 1. The van der Waals surface area contributed by atoms with Gasteiger partial charge in [0.05, 0.1) is 12.2 Å². The zero-order valence-corrected chi connectivity index (χ0v) is 20.5. The molecule has 0 fully saturated rings. The molecule has 1 heterocycles. The number of anilines is 1. The van der Waals surface area contributed by atoms with Gasteiger partial charge < -0.3 is 14.8 Å². The van der Waals surface area contributed by atoms with E-state index in [2.05, 4.69) is 5.32 Å². The Bertz CT molecular complexity index is 1270. The SMILES string of the molecule is CCOC(=O)c1c(NC(=O)/C(C#N)=C/c2ccccc2OCc2ccc(Cl)cc2)sc(C)c1C. The van der Waals surface area contributed by atoms with Crippen molar-refractivity contribution in [3.8, 4) is 11.8 Å². The van der Waals surface area contributed by atoms with Gasteiger partial charge in [0.25, 0.3) is 5.91 Å². The molecular weight excluding hydrogens is 472 g/mol. The Balaban J connectivity index is 1.83. The minimum absolute atomic E-state index is 0.124. The summed E-state index contributed by atoms with van der Waals surface area (Å²) in [5, 5.41) is 13.4. The topological polar surface area (TPSA) is 88.4 Å². The molecule has 0 radical (unpaired) electrons. The quantitative estimate of drug-likeness (QED) is 0.225. The predicted molar refractivity (Wildman–Crippen MR) is 134 cm³/mol. The highest BCUT2D eigenvalue weighted by Crippen LogP contribution is 2.33. The van der Waals surface area contributed by atoms with Crippen molar-refractivity contribution >= 4 is 45.9 Å². The number of hydrogen-bond donors (Lipinski definition) is 1. The molecule has 1 amide bonds. The molecule has 34 heavy (non-hydrogen) atoms. The normalized spacial score (nSPS) is 11.0. The second-order valence-corrected chi connectivity index (χ2v) is 8.95. The number of nitriles is 1. The molecule has 0 spiro atoms. The van der Waals surface area contributed by atoms with E-state index in [4.69, 9.17) is 21.1 Å². The smallest absolute Gasteiger partial charge is 0.341 e. The molecule has 8 heteroatoms. The molecule has 6 nitrogen and oxygen atoms in total. The van der Waals surface area contributed by atoms with Crippen molar-refractivity contribution in [2.75, 3.05) is 11.9 Å². The van der Waals surface area contributed by atoms with E-state index in [-0.39, 0.29) is 12.2 Å². The Hall–Kier alpha value is -3.60. The Morgan fingerprint density at radius 3 is 2.53 bits per heavy atom. The van der Waals surface area contributed by atoms with Crippen LogP contribution in [0.15, 0.2) is 54.1 Å². The molecule has 0 bridgehead atoms. The summed E-state index contributed by atoms with van der Waals surface area (Å²) in [4.78, 5) is 26.2. The number of nitrogens with zero attached hydrogens (tertiary/aromatic N) is 1. The summed E-state index contributed by atoms with van der Waals surface area (Å²) in [5.41, 5.74) is 2.42. The molecule has 0 saturated carbocycles. The monoisotopic (exact) mass is 494 g/mol. The number of amides is 1. The highest BCUT2D eigenvalue weighted by Gasteiger charge is 2.23. The van der Waals surface area contributed by atoms with Crippen molar-refractivity contribution in [2.24, 2.45) is 0 Å². The van der Waals surface area contributed by atoms with E-state index >= 15 is 0 Å². The number of rotatable bonds is 8. The lowest BCUT2D eigenvalue weighted by atomic mass is 10.1. The minimum Gasteiger partial charge on any atom is -0.488 e. The second-order valence-electron chi connectivity index (χ2n) is 7.28. The van der Waals surface area contributed by atoms with Gasteiger partial charge in [-0.3, -0.25) is 4.79 Å². The van der Waals surface area contributed by atoms with E-state index in [9.17, 15) is 14.9 Å². The van der Waals surface area contributed by atoms with Gasteiger partial charge in [-0.25, -0.2) is 4.79 Å². The highest BCUT2D eigenvalue weighted by atomic mass is 35.5. The van der Waals surface area contributed by atoms with Crippen LogP contribution in [0.5, 0.6) is 5.75 Å². The van der Waals surface area contributed by atoms with E-state index in [1.165, 1.54) is 17.4 Å². The molecule has 0 aliphatic heterocycles. The summed E-state index contributed by atoms with van der Waals surface area (Å²) in [5.74, 6) is -0.613. The van der Waals surface area contributed by atoms with E-state index in [0.717, 1.165) is 16.0 Å². The van der Waals surface area contributed by atoms with Crippen molar-refractivity contribution in [2.45, 2.75) is 27.4 Å². The van der Waals surface area contributed by atoms with E-state index < -0.39 is 11.9 Å².